The number of sulfonamides is 1. The van der Waals surface area contributed by atoms with Gasteiger partial charge >= 0.3 is 0 Å². The fourth-order valence-electron chi connectivity index (χ4n) is 2.51. The van der Waals surface area contributed by atoms with Gasteiger partial charge in [0.05, 0.1) is 29.9 Å². The molecule has 28 heavy (non-hydrogen) atoms. The first-order chi connectivity index (χ1) is 13.5. The number of carbonyl (C=O) groups is 1. The number of rotatable bonds is 8. The molecule has 0 saturated carbocycles. The molecule has 7 nitrogen and oxygen atoms in total. The standard InChI is InChI=1S/C20H20N2O5S/c1-2-26-19-8-4-3-7-18(19)20(23)22-15-9-11-17(12-10-15)28(24,25)21-14-16-6-5-13-27-16/h3-13,21H,2,14H2,1H3,(H,22,23). The smallest absolute Gasteiger partial charge is 0.259 e. The molecule has 0 aliphatic carbocycles. The maximum absolute atomic E-state index is 12.5. The van der Waals surface area contributed by atoms with Gasteiger partial charge in [0.1, 0.15) is 11.5 Å². The predicted octanol–water partition coefficient (Wildman–Crippen LogP) is 3.41. The molecule has 0 spiro atoms. The first-order valence-electron chi connectivity index (χ1n) is 8.65. The van der Waals surface area contributed by atoms with E-state index in [4.69, 9.17) is 9.15 Å². The highest BCUT2D eigenvalue weighted by Crippen LogP contribution is 2.20. The van der Waals surface area contributed by atoms with Gasteiger partial charge in [-0.1, -0.05) is 12.1 Å². The molecule has 3 rings (SSSR count). The molecule has 0 fully saturated rings. The van der Waals surface area contributed by atoms with Crippen LogP contribution in [-0.2, 0) is 16.6 Å². The van der Waals surface area contributed by atoms with Crippen molar-refractivity contribution in [3.05, 3.63) is 78.3 Å². The van der Waals surface area contributed by atoms with Crippen molar-refractivity contribution in [1.82, 2.24) is 4.72 Å². The van der Waals surface area contributed by atoms with Crippen molar-refractivity contribution < 1.29 is 22.4 Å². The lowest BCUT2D eigenvalue weighted by molar-refractivity contribution is 0.102. The van der Waals surface area contributed by atoms with Crippen LogP contribution in [0.4, 0.5) is 5.69 Å². The minimum Gasteiger partial charge on any atom is -0.493 e. The molecule has 0 atom stereocenters. The van der Waals surface area contributed by atoms with Crippen LogP contribution in [0.5, 0.6) is 5.75 Å². The van der Waals surface area contributed by atoms with Crippen molar-refractivity contribution in [3.63, 3.8) is 0 Å². The number of furan rings is 1. The molecule has 0 aliphatic rings. The summed E-state index contributed by atoms with van der Waals surface area (Å²) in [5.74, 6) is 0.667. The van der Waals surface area contributed by atoms with E-state index < -0.39 is 10.0 Å². The highest BCUT2D eigenvalue weighted by Gasteiger charge is 2.16. The Bertz CT molecular complexity index is 1030. The molecule has 0 saturated heterocycles. The maximum atomic E-state index is 12.5. The highest BCUT2D eigenvalue weighted by molar-refractivity contribution is 7.89. The van der Waals surface area contributed by atoms with Gasteiger partial charge in [-0.15, -0.1) is 0 Å². The number of para-hydroxylation sites is 1. The van der Waals surface area contributed by atoms with E-state index in [0.29, 0.717) is 29.4 Å². The monoisotopic (exact) mass is 400 g/mol. The minimum absolute atomic E-state index is 0.0576. The Morgan fingerprint density at radius 2 is 1.79 bits per heavy atom. The zero-order chi connectivity index (χ0) is 20.0. The average molecular weight is 400 g/mol. The second kappa shape index (κ2) is 8.73. The Labute approximate surface area is 163 Å². The van der Waals surface area contributed by atoms with Crippen LogP contribution in [0.2, 0.25) is 0 Å². The Morgan fingerprint density at radius 1 is 1.04 bits per heavy atom. The van der Waals surface area contributed by atoms with E-state index >= 15 is 0 Å². The number of hydrogen-bond donors (Lipinski definition) is 2. The largest absolute Gasteiger partial charge is 0.493 e. The summed E-state index contributed by atoms with van der Waals surface area (Å²) in [6, 6.07) is 16.2. The number of hydrogen-bond acceptors (Lipinski definition) is 5. The van der Waals surface area contributed by atoms with Gasteiger partial charge < -0.3 is 14.5 Å². The van der Waals surface area contributed by atoms with Gasteiger partial charge in [-0.2, -0.15) is 0 Å². The predicted molar refractivity (Wildman–Crippen MR) is 105 cm³/mol. The number of anilines is 1. The molecule has 0 bridgehead atoms. The number of carbonyl (C=O) groups excluding carboxylic acids is 1. The Hall–Kier alpha value is -3.10. The van der Waals surface area contributed by atoms with Gasteiger partial charge in [0.25, 0.3) is 5.91 Å². The molecule has 3 aromatic rings. The van der Waals surface area contributed by atoms with Crippen LogP contribution in [-0.4, -0.2) is 20.9 Å². The minimum atomic E-state index is -3.69. The Kier molecular flexibility index (Phi) is 6.13. The van der Waals surface area contributed by atoms with Gasteiger partial charge in [0, 0.05) is 5.69 Å². The summed E-state index contributed by atoms with van der Waals surface area (Å²) in [6.45, 7) is 2.34. The van der Waals surface area contributed by atoms with Gasteiger partial charge in [-0.3, -0.25) is 4.79 Å². The summed E-state index contributed by atoms with van der Waals surface area (Å²) < 4.78 is 37.7. The third-order valence-corrected chi connectivity index (χ3v) is 5.29. The van der Waals surface area contributed by atoms with E-state index in [1.165, 1.54) is 30.5 Å². The average Bonchev–Trinajstić information content (AvgIpc) is 3.21. The van der Waals surface area contributed by atoms with Crippen molar-refractivity contribution in [2.75, 3.05) is 11.9 Å². The van der Waals surface area contributed by atoms with E-state index in [1.807, 2.05) is 6.92 Å². The number of amides is 1. The van der Waals surface area contributed by atoms with Gasteiger partial charge in [0.15, 0.2) is 0 Å². The summed E-state index contributed by atoms with van der Waals surface area (Å²) in [4.78, 5) is 12.6. The van der Waals surface area contributed by atoms with E-state index in [1.54, 1.807) is 36.4 Å². The van der Waals surface area contributed by atoms with Crippen LogP contribution in [0, 0.1) is 0 Å². The van der Waals surface area contributed by atoms with E-state index in [2.05, 4.69) is 10.0 Å². The highest BCUT2D eigenvalue weighted by atomic mass is 32.2. The van der Waals surface area contributed by atoms with Crippen LogP contribution in [0.25, 0.3) is 0 Å². The molecule has 1 heterocycles. The fourth-order valence-corrected chi connectivity index (χ4v) is 3.51. The molecule has 146 valence electrons. The Balaban J connectivity index is 1.68. The summed E-state index contributed by atoms with van der Waals surface area (Å²) in [5.41, 5.74) is 0.877. The van der Waals surface area contributed by atoms with Crippen molar-refractivity contribution in [3.8, 4) is 5.75 Å². The van der Waals surface area contributed by atoms with Crippen LogP contribution in [0.15, 0.2) is 76.2 Å². The van der Waals surface area contributed by atoms with Crippen LogP contribution >= 0.6 is 0 Å². The maximum Gasteiger partial charge on any atom is 0.259 e. The first kappa shape index (κ1) is 19.7. The summed E-state index contributed by atoms with van der Waals surface area (Å²) >= 11 is 0. The molecule has 1 aromatic heterocycles. The molecule has 2 N–H and O–H groups in total. The molecule has 8 heteroatoms. The molecule has 0 unspecified atom stereocenters. The van der Waals surface area contributed by atoms with Crippen LogP contribution in [0.1, 0.15) is 23.0 Å². The fraction of sp³-hybridized carbons (Fsp3) is 0.150. The van der Waals surface area contributed by atoms with Crippen molar-refractivity contribution in [2.45, 2.75) is 18.4 Å². The van der Waals surface area contributed by atoms with Gasteiger partial charge in [0.2, 0.25) is 10.0 Å². The zero-order valence-electron chi connectivity index (χ0n) is 15.2. The molecular weight excluding hydrogens is 380 g/mol. The van der Waals surface area contributed by atoms with E-state index in [0.717, 1.165) is 0 Å². The van der Waals surface area contributed by atoms with Gasteiger partial charge in [-0.25, -0.2) is 13.1 Å². The normalized spacial score (nSPS) is 11.2. The summed E-state index contributed by atoms with van der Waals surface area (Å²) in [5, 5.41) is 2.74. The third-order valence-electron chi connectivity index (χ3n) is 3.87. The molecule has 0 aliphatic heterocycles. The van der Waals surface area contributed by atoms with Crippen LogP contribution < -0.4 is 14.8 Å². The van der Waals surface area contributed by atoms with Crippen molar-refractivity contribution in [1.29, 1.82) is 0 Å². The lowest BCUT2D eigenvalue weighted by Crippen LogP contribution is -2.23. The lowest BCUT2D eigenvalue weighted by atomic mass is 10.2. The molecule has 0 radical (unpaired) electrons. The summed E-state index contributed by atoms with van der Waals surface area (Å²) in [6.07, 6.45) is 1.48. The second-order valence-electron chi connectivity index (χ2n) is 5.81. The molecular formula is C20H20N2O5S. The third kappa shape index (κ3) is 4.79. The van der Waals surface area contributed by atoms with E-state index in [-0.39, 0.29) is 17.3 Å². The van der Waals surface area contributed by atoms with Crippen LogP contribution in [0.3, 0.4) is 0 Å². The number of benzene rings is 2. The zero-order valence-corrected chi connectivity index (χ0v) is 16.0. The molecule has 1 amide bonds. The number of nitrogens with one attached hydrogen (secondary N) is 2. The molecule has 2 aromatic carbocycles. The van der Waals surface area contributed by atoms with Crippen molar-refractivity contribution >= 4 is 21.6 Å². The van der Waals surface area contributed by atoms with E-state index in [9.17, 15) is 13.2 Å². The van der Waals surface area contributed by atoms with Crippen molar-refractivity contribution in [2.24, 2.45) is 0 Å². The quantitative estimate of drug-likeness (QED) is 0.604. The topological polar surface area (TPSA) is 97.6 Å². The Morgan fingerprint density at radius 3 is 2.46 bits per heavy atom. The second-order valence-corrected chi connectivity index (χ2v) is 7.58. The first-order valence-corrected chi connectivity index (χ1v) is 10.1. The lowest BCUT2D eigenvalue weighted by Gasteiger charge is -2.11. The number of ether oxygens (including phenoxy) is 1. The van der Waals surface area contributed by atoms with Gasteiger partial charge in [-0.05, 0) is 55.5 Å². The SMILES string of the molecule is CCOc1ccccc1C(=O)Nc1ccc(S(=O)(=O)NCc2ccco2)cc1. The summed E-state index contributed by atoms with van der Waals surface area (Å²) in [7, 11) is -3.69.